The van der Waals surface area contributed by atoms with Gasteiger partial charge in [-0.15, -0.1) is 6.42 Å². The van der Waals surface area contributed by atoms with Gasteiger partial charge in [-0.3, -0.25) is 14.9 Å². The van der Waals surface area contributed by atoms with Gasteiger partial charge >= 0.3 is 6.03 Å². The largest absolute Gasteiger partial charge is 0.493 e. The molecule has 1 saturated heterocycles. The van der Waals surface area contributed by atoms with Crippen molar-refractivity contribution in [3.05, 3.63) is 57.0 Å². The van der Waals surface area contributed by atoms with Crippen LogP contribution < -0.4 is 19.7 Å². The molecule has 0 spiro atoms. The molecule has 0 aliphatic carbocycles. The van der Waals surface area contributed by atoms with E-state index in [2.05, 4.69) is 27.2 Å². The molecule has 0 unspecified atom stereocenters. The van der Waals surface area contributed by atoms with Gasteiger partial charge in [-0.25, -0.2) is 9.69 Å². The molecule has 7 nitrogen and oxygen atoms in total. The van der Waals surface area contributed by atoms with Crippen molar-refractivity contribution in [3.8, 4) is 23.8 Å². The Kier molecular flexibility index (Phi) is 6.45. The van der Waals surface area contributed by atoms with E-state index in [9.17, 15) is 14.4 Å². The highest BCUT2D eigenvalue weighted by atomic mass is 79.9. The number of carbonyl (C=O) groups is 3. The van der Waals surface area contributed by atoms with Gasteiger partial charge in [0.1, 0.15) is 12.2 Å². The van der Waals surface area contributed by atoms with Crippen LogP contribution in [0.1, 0.15) is 5.56 Å². The Morgan fingerprint density at radius 2 is 1.93 bits per heavy atom. The Morgan fingerprint density at radius 3 is 2.57 bits per heavy atom. The van der Waals surface area contributed by atoms with Crippen LogP contribution >= 0.6 is 27.5 Å². The first-order chi connectivity index (χ1) is 14.3. The number of halogens is 2. The van der Waals surface area contributed by atoms with Gasteiger partial charge in [0.2, 0.25) is 0 Å². The molecule has 2 aromatic rings. The summed E-state index contributed by atoms with van der Waals surface area (Å²) >= 11 is 9.23. The number of hydrogen-bond acceptors (Lipinski definition) is 5. The molecule has 9 heteroatoms. The van der Waals surface area contributed by atoms with Gasteiger partial charge in [0.15, 0.2) is 11.5 Å². The number of amides is 4. The minimum atomic E-state index is -0.846. The van der Waals surface area contributed by atoms with Crippen molar-refractivity contribution in [1.82, 2.24) is 5.32 Å². The Balaban J connectivity index is 2.01. The number of ether oxygens (including phenoxy) is 2. The summed E-state index contributed by atoms with van der Waals surface area (Å²) in [6.07, 6.45) is 6.57. The van der Waals surface area contributed by atoms with Gasteiger partial charge in [-0.1, -0.05) is 17.5 Å². The molecule has 0 atom stereocenters. The summed E-state index contributed by atoms with van der Waals surface area (Å²) in [5, 5.41) is 2.61. The first-order valence-electron chi connectivity index (χ1n) is 8.46. The zero-order chi connectivity index (χ0) is 21.8. The van der Waals surface area contributed by atoms with Crippen molar-refractivity contribution in [2.24, 2.45) is 0 Å². The molecule has 2 aromatic carbocycles. The topological polar surface area (TPSA) is 84.9 Å². The second kappa shape index (κ2) is 9.03. The highest BCUT2D eigenvalue weighted by Gasteiger charge is 2.36. The van der Waals surface area contributed by atoms with Gasteiger partial charge in [0.25, 0.3) is 11.8 Å². The molecule has 0 bridgehead atoms. The van der Waals surface area contributed by atoms with Crippen molar-refractivity contribution in [1.29, 1.82) is 0 Å². The molecule has 1 N–H and O–H groups in total. The molecular formula is C21H14BrClN2O5. The zero-order valence-corrected chi connectivity index (χ0v) is 17.9. The molecule has 1 aliphatic heterocycles. The number of nitrogens with zero attached hydrogens (tertiary/aromatic N) is 1. The monoisotopic (exact) mass is 488 g/mol. The predicted octanol–water partition coefficient (Wildman–Crippen LogP) is 3.79. The van der Waals surface area contributed by atoms with Crippen molar-refractivity contribution in [2.75, 3.05) is 18.6 Å². The van der Waals surface area contributed by atoms with Crippen LogP contribution in [0.15, 0.2) is 46.4 Å². The van der Waals surface area contributed by atoms with Crippen LogP contribution in [0.5, 0.6) is 11.5 Å². The Hall–Kier alpha value is -3.28. The number of methoxy groups -OCH3 is 1. The molecule has 0 saturated carbocycles. The van der Waals surface area contributed by atoms with E-state index in [-0.39, 0.29) is 17.9 Å². The molecule has 1 aliphatic rings. The first-order valence-corrected chi connectivity index (χ1v) is 9.63. The number of terminal acetylenes is 1. The molecule has 152 valence electrons. The maximum atomic E-state index is 12.9. The van der Waals surface area contributed by atoms with Crippen LogP contribution in [0.25, 0.3) is 6.08 Å². The van der Waals surface area contributed by atoms with E-state index in [1.165, 1.54) is 37.5 Å². The van der Waals surface area contributed by atoms with Crippen LogP contribution in [0.4, 0.5) is 10.5 Å². The lowest BCUT2D eigenvalue weighted by atomic mass is 10.1. The summed E-state index contributed by atoms with van der Waals surface area (Å²) in [6.45, 7) is 0.0362. The second-order valence-corrected chi connectivity index (χ2v) is 7.25. The first kappa shape index (κ1) is 21.4. The van der Waals surface area contributed by atoms with E-state index in [1.807, 2.05) is 0 Å². The molecule has 0 radical (unpaired) electrons. The fraction of sp³-hybridized carbons (Fsp3) is 0.0952. The van der Waals surface area contributed by atoms with E-state index in [0.29, 0.717) is 26.6 Å². The quantitative estimate of drug-likeness (QED) is 0.392. The van der Waals surface area contributed by atoms with Crippen molar-refractivity contribution >= 4 is 57.1 Å². The number of barbiturate groups is 1. The fourth-order valence-corrected chi connectivity index (χ4v) is 3.43. The molecule has 1 fully saturated rings. The summed E-state index contributed by atoms with van der Waals surface area (Å²) in [6, 6.07) is 8.44. The Bertz CT molecular complexity index is 1110. The maximum absolute atomic E-state index is 12.9. The fourth-order valence-electron chi connectivity index (χ4n) is 2.73. The predicted molar refractivity (Wildman–Crippen MR) is 115 cm³/mol. The SMILES string of the molecule is C#CCOc1c(Br)cc(/C=C2\C(=O)NC(=O)N(c3ccc(Cl)cc3)C2=O)cc1OC. The lowest BCUT2D eigenvalue weighted by molar-refractivity contribution is -0.122. The third kappa shape index (κ3) is 4.32. The van der Waals surface area contributed by atoms with E-state index in [0.717, 1.165) is 4.90 Å². The number of rotatable bonds is 5. The van der Waals surface area contributed by atoms with E-state index in [4.69, 9.17) is 27.5 Å². The third-order valence-electron chi connectivity index (χ3n) is 4.05. The molecule has 4 amide bonds. The summed E-state index contributed by atoms with van der Waals surface area (Å²) < 4.78 is 11.3. The Morgan fingerprint density at radius 1 is 1.23 bits per heavy atom. The highest BCUT2D eigenvalue weighted by molar-refractivity contribution is 9.10. The third-order valence-corrected chi connectivity index (χ3v) is 4.89. The zero-order valence-electron chi connectivity index (χ0n) is 15.6. The number of carbonyl (C=O) groups excluding carboxylic acids is 3. The lowest BCUT2D eigenvalue weighted by Gasteiger charge is -2.26. The second-order valence-electron chi connectivity index (χ2n) is 5.96. The minimum Gasteiger partial charge on any atom is -0.493 e. The van der Waals surface area contributed by atoms with Gasteiger partial charge in [0.05, 0.1) is 17.3 Å². The number of urea groups is 1. The minimum absolute atomic E-state index is 0.0362. The molecule has 30 heavy (non-hydrogen) atoms. The van der Waals surface area contributed by atoms with Gasteiger partial charge in [-0.05, 0) is 64.0 Å². The van der Waals surface area contributed by atoms with Crippen molar-refractivity contribution in [2.45, 2.75) is 0 Å². The lowest BCUT2D eigenvalue weighted by Crippen LogP contribution is -2.54. The Labute approximate surface area is 185 Å². The summed E-state index contributed by atoms with van der Waals surface area (Å²) in [4.78, 5) is 38.4. The van der Waals surface area contributed by atoms with Crippen LogP contribution in [-0.4, -0.2) is 31.6 Å². The van der Waals surface area contributed by atoms with Crippen molar-refractivity contribution in [3.63, 3.8) is 0 Å². The highest BCUT2D eigenvalue weighted by Crippen LogP contribution is 2.37. The summed E-state index contributed by atoms with van der Waals surface area (Å²) in [5.74, 6) is 1.52. The van der Waals surface area contributed by atoms with E-state index >= 15 is 0 Å². The van der Waals surface area contributed by atoms with Gasteiger partial charge in [0, 0.05) is 5.02 Å². The van der Waals surface area contributed by atoms with Crippen LogP contribution in [0.3, 0.4) is 0 Å². The standard InChI is InChI=1S/C21H14BrClN2O5/c1-3-8-30-18-16(22)10-12(11-17(18)29-2)9-15-19(26)24-21(28)25(20(15)27)14-6-4-13(23)5-7-14/h1,4-7,9-11H,8H2,2H3,(H,24,26,28)/b15-9+. The normalized spacial score (nSPS) is 15.1. The number of imide groups is 2. The van der Waals surface area contributed by atoms with E-state index in [1.54, 1.807) is 12.1 Å². The average Bonchev–Trinajstić information content (AvgIpc) is 2.71. The van der Waals surface area contributed by atoms with Gasteiger partial charge < -0.3 is 9.47 Å². The van der Waals surface area contributed by atoms with Crippen LogP contribution in [0, 0.1) is 12.3 Å². The van der Waals surface area contributed by atoms with E-state index < -0.39 is 17.8 Å². The number of hydrogen-bond donors (Lipinski definition) is 1. The molecular weight excluding hydrogens is 476 g/mol. The number of anilines is 1. The smallest absolute Gasteiger partial charge is 0.335 e. The average molecular weight is 490 g/mol. The molecule has 0 aromatic heterocycles. The maximum Gasteiger partial charge on any atom is 0.335 e. The summed E-state index contributed by atoms with van der Waals surface area (Å²) in [7, 11) is 1.45. The van der Waals surface area contributed by atoms with Crippen LogP contribution in [0.2, 0.25) is 5.02 Å². The summed E-state index contributed by atoms with van der Waals surface area (Å²) in [5.41, 5.74) is 0.517. The van der Waals surface area contributed by atoms with Gasteiger partial charge in [-0.2, -0.15) is 0 Å². The molecule has 1 heterocycles. The van der Waals surface area contributed by atoms with Crippen molar-refractivity contribution < 1.29 is 23.9 Å². The number of benzene rings is 2. The number of nitrogens with one attached hydrogen (secondary N) is 1. The molecule has 3 rings (SSSR count). The van der Waals surface area contributed by atoms with Crippen LogP contribution in [-0.2, 0) is 9.59 Å².